The monoisotopic (exact) mass is 343 g/mol. The molecule has 1 fully saturated rings. The van der Waals surface area contributed by atoms with Crippen LogP contribution in [0.5, 0.6) is 0 Å². The Labute approximate surface area is 140 Å². The number of aliphatic carboxylic acids is 1. The van der Waals surface area contributed by atoms with Crippen LogP contribution in [0.2, 0.25) is 10.0 Å². The van der Waals surface area contributed by atoms with Crippen molar-refractivity contribution in [2.24, 2.45) is 5.92 Å². The van der Waals surface area contributed by atoms with Gasteiger partial charge in [0.25, 0.3) is 0 Å². The lowest BCUT2D eigenvalue weighted by Gasteiger charge is -2.24. The molecular formula is C16H19Cl2NO3. The van der Waals surface area contributed by atoms with E-state index in [9.17, 15) is 9.59 Å². The Hall–Kier alpha value is -1.26. The van der Waals surface area contributed by atoms with Crippen LogP contribution in [-0.2, 0) is 16.0 Å². The summed E-state index contributed by atoms with van der Waals surface area (Å²) in [6.45, 7) is 1.91. The van der Waals surface area contributed by atoms with E-state index < -0.39 is 11.9 Å². The number of carboxylic acids is 1. The van der Waals surface area contributed by atoms with Crippen molar-refractivity contribution in [3.63, 3.8) is 0 Å². The first-order valence-electron chi connectivity index (χ1n) is 7.34. The van der Waals surface area contributed by atoms with Crippen molar-refractivity contribution < 1.29 is 14.7 Å². The second kappa shape index (κ2) is 7.34. The summed E-state index contributed by atoms with van der Waals surface area (Å²) in [5, 5.41) is 9.98. The number of amides is 1. The van der Waals surface area contributed by atoms with Gasteiger partial charge in [0, 0.05) is 19.0 Å². The molecule has 1 aromatic carbocycles. The molecule has 0 bridgehead atoms. The first-order valence-corrected chi connectivity index (χ1v) is 8.10. The summed E-state index contributed by atoms with van der Waals surface area (Å²) in [7, 11) is 0. The zero-order chi connectivity index (χ0) is 16.3. The summed E-state index contributed by atoms with van der Waals surface area (Å²) in [6, 6.07) is 5.54. The van der Waals surface area contributed by atoms with E-state index in [4.69, 9.17) is 28.3 Å². The van der Waals surface area contributed by atoms with Crippen LogP contribution in [0.25, 0.3) is 0 Å². The molecular weight excluding hydrogens is 325 g/mol. The Morgan fingerprint density at radius 1 is 1.32 bits per heavy atom. The van der Waals surface area contributed by atoms with Gasteiger partial charge in [-0.1, -0.05) is 36.2 Å². The van der Waals surface area contributed by atoms with Gasteiger partial charge in [0.2, 0.25) is 5.91 Å². The molecule has 6 heteroatoms. The average Bonchev–Trinajstić information content (AvgIpc) is 3.29. The summed E-state index contributed by atoms with van der Waals surface area (Å²) in [6.07, 6.45) is 2.84. The van der Waals surface area contributed by atoms with E-state index in [0.29, 0.717) is 22.9 Å². The number of carbonyl (C=O) groups is 2. The maximum Gasteiger partial charge on any atom is 0.308 e. The number of carbonyl (C=O) groups excluding carboxylic acids is 1. The van der Waals surface area contributed by atoms with Crippen LogP contribution in [0.3, 0.4) is 0 Å². The third kappa shape index (κ3) is 4.62. The molecule has 1 aliphatic carbocycles. The van der Waals surface area contributed by atoms with Gasteiger partial charge in [0.1, 0.15) is 0 Å². The van der Waals surface area contributed by atoms with Crippen molar-refractivity contribution in [3.05, 3.63) is 33.8 Å². The molecule has 1 aromatic rings. The van der Waals surface area contributed by atoms with Gasteiger partial charge >= 0.3 is 5.97 Å². The minimum absolute atomic E-state index is 0.00155. The molecule has 22 heavy (non-hydrogen) atoms. The normalized spacial score (nSPS) is 15.4. The van der Waals surface area contributed by atoms with Gasteiger partial charge in [-0.15, -0.1) is 0 Å². The maximum absolute atomic E-state index is 12.4. The van der Waals surface area contributed by atoms with Crippen molar-refractivity contribution >= 4 is 35.1 Å². The van der Waals surface area contributed by atoms with E-state index in [0.717, 1.165) is 18.4 Å². The zero-order valence-corrected chi connectivity index (χ0v) is 13.9. The van der Waals surface area contributed by atoms with Crippen molar-refractivity contribution in [3.8, 4) is 0 Å². The molecule has 120 valence electrons. The number of benzene rings is 1. The molecule has 1 aliphatic rings. The maximum atomic E-state index is 12.4. The minimum atomic E-state index is -0.872. The zero-order valence-electron chi connectivity index (χ0n) is 12.4. The van der Waals surface area contributed by atoms with E-state index >= 15 is 0 Å². The van der Waals surface area contributed by atoms with Gasteiger partial charge in [0.15, 0.2) is 0 Å². The molecule has 0 radical (unpaired) electrons. The van der Waals surface area contributed by atoms with Crippen molar-refractivity contribution in [2.45, 2.75) is 38.6 Å². The molecule has 1 atom stereocenters. The van der Waals surface area contributed by atoms with Crippen LogP contribution in [0.4, 0.5) is 0 Å². The van der Waals surface area contributed by atoms with Gasteiger partial charge in [0.05, 0.1) is 16.0 Å². The quantitative estimate of drug-likeness (QED) is 0.822. The second-order valence-electron chi connectivity index (χ2n) is 5.77. The predicted molar refractivity (Wildman–Crippen MR) is 86.3 cm³/mol. The number of nitrogens with zero attached hydrogens (tertiary/aromatic N) is 1. The van der Waals surface area contributed by atoms with Crippen molar-refractivity contribution in [1.82, 2.24) is 4.90 Å². The molecule has 0 spiro atoms. The number of rotatable bonds is 7. The molecule has 1 amide bonds. The highest BCUT2D eigenvalue weighted by Gasteiger charge is 2.34. The van der Waals surface area contributed by atoms with Crippen molar-refractivity contribution in [2.75, 3.05) is 6.54 Å². The molecule has 0 aromatic heterocycles. The summed E-state index contributed by atoms with van der Waals surface area (Å²) in [5.74, 6) is -1.42. The number of carboxylic acid groups (broad SMARTS) is 1. The number of hydrogen-bond donors (Lipinski definition) is 1. The smallest absolute Gasteiger partial charge is 0.308 e. The molecule has 0 saturated heterocycles. The molecule has 1 unspecified atom stereocenters. The fourth-order valence-corrected chi connectivity index (χ4v) is 2.62. The van der Waals surface area contributed by atoms with Crippen molar-refractivity contribution in [1.29, 1.82) is 0 Å². The van der Waals surface area contributed by atoms with E-state index in [1.807, 2.05) is 6.07 Å². The van der Waals surface area contributed by atoms with Crippen LogP contribution in [0.15, 0.2) is 18.2 Å². The van der Waals surface area contributed by atoms with Crippen LogP contribution >= 0.6 is 23.2 Å². The highest BCUT2D eigenvalue weighted by molar-refractivity contribution is 6.42. The molecule has 1 N–H and O–H groups in total. The third-order valence-electron chi connectivity index (χ3n) is 3.81. The summed E-state index contributed by atoms with van der Waals surface area (Å²) in [5.41, 5.74) is 0.949. The van der Waals surface area contributed by atoms with Crippen LogP contribution in [0, 0.1) is 5.92 Å². The molecule has 0 aliphatic heterocycles. The summed E-state index contributed by atoms with van der Waals surface area (Å²) < 4.78 is 0. The lowest BCUT2D eigenvalue weighted by molar-refractivity contribution is -0.143. The van der Waals surface area contributed by atoms with E-state index in [1.165, 1.54) is 0 Å². The number of hydrogen-bond acceptors (Lipinski definition) is 2. The standard InChI is InChI=1S/C16H19Cl2NO3/c1-10(16(21)22)9-19(12-4-5-12)15(20)7-3-11-2-6-13(17)14(18)8-11/h2,6,8,10,12H,3-5,7,9H2,1H3,(H,21,22). The van der Waals surface area contributed by atoms with Crippen LogP contribution in [-0.4, -0.2) is 34.5 Å². The third-order valence-corrected chi connectivity index (χ3v) is 4.55. The van der Waals surface area contributed by atoms with E-state index in [1.54, 1.807) is 24.0 Å². The SMILES string of the molecule is CC(CN(C(=O)CCc1ccc(Cl)c(Cl)c1)C1CC1)C(=O)O. The van der Waals surface area contributed by atoms with Gasteiger partial charge < -0.3 is 10.0 Å². The Balaban J connectivity index is 1.93. The summed E-state index contributed by atoms with van der Waals surface area (Å²) >= 11 is 11.8. The van der Waals surface area contributed by atoms with E-state index in [-0.39, 0.29) is 18.5 Å². The molecule has 1 saturated carbocycles. The highest BCUT2D eigenvalue weighted by atomic mass is 35.5. The second-order valence-corrected chi connectivity index (χ2v) is 6.58. The predicted octanol–water partition coefficient (Wildman–Crippen LogP) is 3.64. The Bertz CT molecular complexity index is 573. The van der Waals surface area contributed by atoms with E-state index in [2.05, 4.69) is 0 Å². The lowest BCUT2D eigenvalue weighted by Crippen LogP contribution is -2.38. The topological polar surface area (TPSA) is 57.6 Å². The van der Waals surface area contributed by atoms with Crippen LogP contribution < -0.4 is 0 Å². The largest absolute Gasteiger partial charge is 0.481 e. The lowest BCUT2D eigenvalue weighted by atomic mass is 10.1. The van der Waals surface area contributed by atoms with Gasteiger partial charge in [-0.25, -0.2) is 0 Å². The number of aryl methyl sites for hydroxylation is 1. The molecule has 2 rings (SSSR count). The highest BCUT2D eigenvalue weighted by Crippen LogP contribution is 2.29. The molecule has 4 nitrogen and oxygen atoms in total. The first-order chi connectivity index (χ1) is 10.4. The van der Waals surface area contributed by atoms with Gasteiger partial charge in [-0.3, -0.25) is 9.59 Å². The fourth-order valence-electron chi connectivity index (χ4n) is 2.30. The van der Waals surface area contributed by atoms with Gasteiger partial charge in [-0.2, -0.15) is 0 Å². The first kappa shape index (κ1) is 17.1. The summed E-state index contributed by atoms with van der Waals surface area (Å²) in [4.78, 5) is 25.1. The Kier molecular flexibility index (Phi) is 5.70. The average molecular weight is 344 g/mol. The Morgan fingerprint density at radius 3 is 2.55 bits per heavy atom. The minimum Gasteiger partial charge on any atom is -0.481 e. The van der Waals surface area contributed by atoms with Gasteiger partial charge in [-0.05, 0) is 37.0 Å². The molecule has 0 heterocycles. The Morgan fingerprint density at radius 2 is 2.00 bits per heavy atom. The van der Waals surface area contributed by atoms with Crippen LogP contribution in [0.1, 0.15) is 31.7 Å². The number of halogens is 2. The fraction of sp³-hybridized carbons (Fsp3) is 0.500.